The Kier molecular flexibility index (Phi) is 36.9. The van der Waals surface area contributed by atoms with E-state index in [0.29, 0.717) is 12.8 Å². The molecule has 3 atom stereocenters. The van der Waals surface area contributed by atoms with Gasteiger partial charge in [-0.3, -0.25) is 23.4 Å². The van der Waals surface area contributed by atoms with Crippen molar-refractivity contribution >= 4 is 25.5 Å². The average molecular weight is 796 g/mol. The molecule has 0 rings (SSSR count). The molecule has 0 radical (unpaired) electrons. The van der Waals surface area contributed by atoms with Crippen LogP contribution < -0.4 is 5.73 Å². The maximum absolute atomic E-state index is 12.6. The van der Waals surface area contributed by atoms with E-state index < -0.39 is 50.9 Å². The number of hydrogen-bond donors (Lipinski definition) is 2. The molecule has 0 fully saturated rings. The first-order valence-corrected chi connectivity index (χ1v) is 22.9. The van der Waals surface area contributed by atoms with Crippen LogP contribution in [0.5, 0.6) is 0 Å². The Hall–Kier alpha value is -2.36. The third-order valence-electron chi connectivity index (χ3n) is 9.05. The van der Waals surface area contributed by atoms with Gasteiger partial charge in [-0.05, 0) is 51.9 Å². The highest BCUT2D eigenvalue weighted by Crippen LogP contribution is 2.43. The second-order valence-electron chi connectivity index (χ2n) is 14.4. The van der Waals surface area contributed by atoms with Gasteiger partial charge < -0.3 is 20.1 Å². The summed E-state index contributed by atoms with van der Waals surface area (Å²) >= 11 is 0. The number of nitrogens with two attached hydrogens (primary N) is 1. The first kappa shape index (κ1) is 52.6. The van der Waals surface area contributed by atoms with E-state index in [4.69, 9.17) is 24.3 Å². The van der Waals surface area contributed by atoms with E-state index in [1.807, 2.05) is 12.2 Å². The second-order valence-corrected chi connectivity index (χ2v) is 15.9. The summed E-state index contributed by atoms with van der Waals surface area (Å²) in [6.07, 6.45) is 42.3. The SMILES string of the molecule is CCCCCCC=CCC=CCC=CCC=CCCC(=O)OC(COC(=O)CCCCCCCCCCCCCCCC)COP(=O)(O)OCC(N)C(C)=O. The van der Waals surface area contributed by atoms with Crippen LogP contribution in [0.3, 0.4) is 0 Å². The van der Waals surface area contributed by atoms with Crippen molar-refractivity contribution in [3.05, 3.63) is 48.6 Å². The topological polar surface area (TPSA) is 151 Å². The number of esters is 2. The quantitative estimate of drug-likeness (QED) is 0.0266. The van der Waals surface area contributed by atoms with Crippen LogP contribution in [0.25, 0.3) is 0 Å². The molecule has 0 heterocycles. The number of allylic oxidation sites excluding steroid dienone is 8. The first-order chi connectivity index (χ1) is 26.6. The second kappa shape index (κ2) is 38.5. The molecular weight excluding hydrogens is 717 g/mol. The van der Waals surface area contributed by atoms with Gasteiger partial charge in [0.25, 0.3) is 0 Å². The Morgan fingerprint density at radius 3 is 1.51 bits per heavy atom. The first-order valence-electron chi connectivity index (χ1n) is 21.4. The van der Waals surface area contributed by atoms with E-state index in [2.05, 4.69) is 50.3 Å². The summed E-state index contributed by atoms with van der Waals surface area (Å²) in [4.78, 5) is 46.4. The third-order valence-corrected chi connectivity index (χ3v) is 10.00. The van der Waals surface area contributed by atoms with Crippen molar-refractivity contribution in [3.63, 3.8) is 0 Å². The minimum atomic E-state index is -4.62. The molecule has 0 aromatic rings. The molecular formula is C44H78NO9P. The van der Waals surface area contributed by atoms with Crippen LogP contribution in [-0.2, 0) is 37.5 Å². The molecule has 0 aromatic carbocycles. The number of carbonyl (C=O) groups excluding carboxylic acids is 3. The fourth-order valence-electron chi connectivity index (χ4n) is 5.53. The summed E-state index contributed by atoms with van der Waals surface area (Å²) < 4.78 is 33.0. The Morgan fingerprint density at radius 2 is 1.00 bits per heavy atom. The Labute approximate surface area is 334 Å². The van der Waals surface area contributed by atoms with Crippen LogP contribution >= 0.6 is 7.82 Å². The minimum Gasteiger partial charge on any atom is -0.462 e. The van der Waals surface area contributed by atoms with Gasteiger partial charge in [0.15, 0.2) is 6.10 Å². The highest BCUT2D eigenvalue weighted by Gasteiger charge is 2.27. The van der Waals surface area contributed by atoms with Crippen molar-refractivity contribution in [1.29, 1.82) is 0 Å². The summed E-state index contributed by atoms with van der Waals surface area (Å²) in [7, 11) is -4.62. The molecule has 0 amide bonds. The van der Waals surface area contributed by atoms with Crippen LogP contribution in [-0.4, -0.2) is 54.6 Å². The lowest BCUT2D eigenvalue weighted by atomic mass is 10.0. The van der Waals surface area contributed by atoms with Gasteiger partial charge in [0.2, 0.25) is 0 Å². The predicted octanol–water partition coefficient (Wildman–Crippen LogP) is 11.5. The molecule has 0 spiro atoms. The molecule has 0 aromatic heterocycles. The normalized spacial score (nSPS) is 14.3. The van der Waals surface area contributed by atoms with Crippen molar-refractivity contribution in [2.45, 2.75) is 193 Å². The van der Waals surface area contributed by atoms with Gasteiger partial charge >= 0.3 is 19.8 Å². The zero-order valence-electron chi connectivity index (χ0n) is 34.8. The minimum absolute atomic E-state index is 0.0688. The van der Waals surface area contributed by atoms with Crippen LogP contribution in [0.4, 0.5) is 0 Å². The summed E-state index contributed by atoms with van der Waals surface area (Å²) in [5, 5.41) is 0. The molecule has 0 aliphatic carbocycles. The molecule has 11 heteroatoms. The average Bonchev–Trinajstić information content (AvgIpc) is 3.16. The fourth-order valence-corrected chi connectivity index (χ4v) is 6.31. The fraction of sp³-hybridized carbons (Fsp3) is 0.750. The highest BCUT2D eigenvalue weighted by molar-refractivity contribution is 7.47. The maximum atomic E-state index is 12.6. The van der Waals surface area contributed by atoms with Crippen molar-refractivity contribution in [2.24, 2.45) is 5.73 Å². The number of Topliss-reactive ketones (excluding diaryl/α,β-unsaturated/α-hetero) is 1. The van der Waals surface area contributed by atoms with E-state index in [1.165, 1.54) is 96.8 Å². The number of rotatable bonds is 39. The summed E-state index contributed by atoms with van der Waals surface area (Å²) in [6, 6.07) is -1.09. The van der Waals surface area contributed by atoms with Gasteiger partial charge in [0, 0.05) is 12.8 Å². The molecule has 3 unspecified atom stereocenters. The largest absolute Gasteiger partial charge is 0.472 e. The summed E-state index contributed by atoms with van der Waals surface area (Å²) in [5.74, 6) is -1.42. The van der Waals surface area contributed by atoms with Crippen LogP contribution in [0.15, 0.2) is 48.6 Å². The predicted molar refractivity (Wildman–Crippen MR) is 225 cm³/mol. The van der Waals surface area contributed by atoms with Gasteiger partial charge in [-0.2, -0.15) is 0 Å². The van der Waals surface area contributed by atoms with Crippen molar-refractivity contribution < 1.29 is 42.4 Å². The van der Waals surface area contributed by atoms with Gasteiger partial charge in [-0.1, -0.05) is 165 Å². The summed E-state index contributed by atoms with van der Waals surface area (Å²) in [5.41, 5.74) is 5.57. The number of carbonyl (C=O) groups is 3. The Morgan fingerprint density at radius 1 is 0.564 bits per heavy atom. The molecule has 0 saturated heterocycles. The molecule has 0 bridgehead atoms. The zero-order valence-corrected chi connectivity index (χ0v) is 35.7. The number of ether oxygens (including phenoxy) is 2. The maximum Gasteiger partial charge on any atom is 0.472 e. The van der Waals surface area contributed by atoms with Crippen LogP contribution in [0.1, 0.15) is 181 Å². The Bertz CT molecular complexity index is 1120. The van der Waals surface area contributed by atoms with Crippen molar-refractivity contribution in [3.8, 4) is 0 Å². The van der Waals surface area contributed by atoms with Crippen molar-refractivity contribution in [1.82, 2.24) is 0 Å². The lowest BCUT2D eigenvalue weighted by Gasteiger charge is -2.20. The number of phosphoric ester groups is 1. The molecule has 318 valence electrons. The van der Waals surface area contributed by atoms with Gasteiger partial charge in [-0.25, -0.2) is 4.57 Å². The van der Waals surface area contributed by atoms with Gasteiger partial charge in [0.05, 0.1) is 19.3 Å². The highest BCUT2D eigenvalue weighted by atomic mass is 31.2. The van der Waals surface area contributed by atoms with E-state index >= 15 is 0 Å². The van der Waals surface area contributed by atoms with E-state index in [1.54, 1.807) is 0 Å². The molecule has 55 heavy (non-hydrogen) atoms. The third kappa shape index (κ3) is 38.3. The molecule has 0 aliphatic heterocycles. The van der Waals surface area contributed by atoms with Crippen molar-refractivity contribution in [2.75, 3.05) is 19.8 Å². The standard InChI is InChI=1S/C44H78NO9P/c1-4-6-8-10-12-14-16-18-20-21-22-24-26-28-30-32-34-36-44(48)54-41(38-52-55(49,50)53-39-42(45)40(3)46)37-51-43(47)35-33-31-29-27-25-23-19-17-15-13-11-9-7-5-2/h14,16,20-21,24,26,30,32,41-42H,4-13,15,17-19,22-23,25,27-29,31,33-39,45H2,1-3H3,(H,49,50). The monoisotopic (exact) mass is 796 g/mol. The smallest absolute Gasteiger partial charge is 0.462 e. The Balaban J connectivity index is 4.50. The van der Waals surface area contributed by atoms with Gasteiger partial charge in [0.1, 0.15) is 12.4 Å². The lowest BCUT2D eigenvalue weighted by molar-refractivity contribution is -0.161. The van der Waals surface area contributed by atoms with E-state index in [9.17, 15) is 23.8 Å². The summed E-state index contributed by atoms with van der Waals surface area (Å²) in [6.45, 7) is 4.31. The number of unbranched alkanes of at least 4 members (excludes halogenated alkanes) is 17. The molecule has 3 N–H and O–H groups in total. The molecule has 0 aliphatic rings. The van der Waals surface area contributed by atoms with Crippen LogP contribution in [0.2, 0.25) is 0 Å². The van der Waals surface area contributed by atoms with E-state index in [0.717, 1.165) is 44.9 Å². The number of ketones is 1. The van der Waals surface area contributed by atoms with Gasteiger partial charge in [-0.15, -0.1) is 0 Å². The molecule has 0 saturated carbocycles. The number of hydrogen-bond acceptors (Lipinski definition) is 9. The van der Waals surface area contributed by atoms with E-state index in [-0.39, 0.29) is 19.4 Å². The number of phosphoric acid groups is 1. The lowest BCUT2D eigenvalue weighted by Crippen LogP contribution is -2.33. The zero-order chi connectivity index (χ0) is 40.7. The van der Waals surface area contributed by atoms with Crippen LogP contribution in [0, 0.1) is 0 Å². The molecule has 10 nitrogen and oxygen atoms in total.